The molecule has 17 heavy (non-hydrogen) atoms. The average molecular weight is 246 g/mol. The maximum absolute atomic E-state index is 13.1. The van der Waals surface area contributed by atoms with Crippen LogP contribution in [0, 0.1) is 0 Å². The maximum Gasteiger partial charge on any atom is 0.250 e. The fourth-order valence-electron chi connectivity index (χ4n) is 2.57. The highest BCUT2D eigenvalue weighted by molar-refractivity contribution is 5.02. The van der Waals surface area contributed by atoms with Crippen LogP contribution in [0.3, 0.4) is 0 Å². The highest BCUT2D eigenvalue weighted by atomic mass is 19.3. The number of hydrogen-bond donors (Lipinski definition) is 1. The molecule has 5 heteroatoms. The van der Waals surface area contributed by atoms with Gasteiger partial charge >= 0.3 is 0 Å². The van der Waals surface area contributed by atoms with Crippen LogP contribution < -0.4 is 5.73 Å². The summed E-state index contributed by atoms with van der Waals surface area (Å²) in [5, 5.41) is 0. The van der Waals surface area contributed by atoms with Crippen LogP contribution in [-0.2, 0) is 4.74 Å². The summed E-state index contributed by atoms with van der Waals surface area (Å²) < 4.78 is 31.8. The minimum Gasteiger partial charge on any atom is -0.493 e. The van der Waals surface area contributed by atoms with E-state index >= 15 is 0 Å². The van der Waals surface area contributed by atoms with E-state index in [0.717, 1.165) is 12.2 Å². The van der Waals surface area contributed by atoms with Gasteiger partial charge < -0.3 is 10.5 Å². The molecule has 2 rings (SSSR count). The number of nitrogens with two attached hydrogens (primary N) is 1. The Morgan fingerprint density at radius 3 is 2.65 bits per heavy atom. The molecule has 2 aliphatic rings. The van der Waals surface area contributed by atoms with Gasteiger partial charge in [-0.05, 0) is 13.0 Å². The summed E-state index contributed by atoms with van der Waals surface area (Å²) in [7, 11) is 0. The Balaban J connectivity index is 1.91. The highest BCUT2D eigenvalue weighted by Gasteiger charge is 2.38. The minimum absolute atomic E-state index is 0.0340. The van der Waals surface area contributed by atoms with Crippen molar-refractivity contribution in [1.82, 2.24) is 4.90 Å². The largest absolute Gasteiger partial charge is 0.493 e. The molecule has 0 amide bonds. The standard InChI is InChI=1S/C12H20F2N2O/c1-9-2-3-11(17-9)10(8-15)16-6-4-12(13,14)5-7-16/h2,10-11H,3-8,15H2,1H3. The van der Waals surface area contributed by atoms with E-state index in [2.05, 4.69) is 4.90 Å². The number of allylic oxidation sites excluding steroid dienone is 1. The predicted octanol–water partition coefficient (Wildman–Crippen LogP) is 1.74. The molecule has 2 unspecified atom stereocenters. The van der Waals surface area contributed by atoms with Crippen molar-refractivity contribution in [3.63, 3.8) is 0 Å². The Kier molecular flexibility index (Phi) is 3.68. The van der Waals surface area contributed by atoms with Crippen LogP contribution in [0.4, 0.5) is 8.78 Å². The van der Waals surface area contributed by atoms with Gasteiger partial charge in [-0.3, -0.25) is 4.90 Å². The molecule has 0 spiro atoms. The first-order chi connectivity index (χ1) is 8.02. The zero-order valence-corrected chi connectivity index (χ0v) is 10.2. The summed E-state index contributed by atoms with van der Waals surface area (Å²) in [6.45, 7) is 3.19. The van der Waals surface area contributed by atoms with E-state index < -0.39 is 5.92 Å². The van der Waals surface area contributed by atoms with Gasteiger partial charge in [0.15, 0.2) is 0 Å². The van der Waals surface area contributed by atoms with E-state index in [1.165, 1.54) is 0 Å². The second kappa shape index (κ2) is 4.90. The minimum atomic E-state index is -2.50. The van der Waals surface area contributed by atoms with Crippen molar-refractivity contribution in [2.45, 2.75) is 44.3 Å². The first-order valence-electron chi connectivity index (χ1n) is 6.17. The summed E-state index contributed by atoms with van der Waals surface area (Å²) in [6.07, 6.45) is 2.77. The number of rotatable bonds is 3. The monoisotopic (exact) mass is 246 g/mol. The van der Waals surface area contributed by atoms with Crippen molar-refractivity contribution in [3.05, 3.63) is 11.8 Å². The molecular weight excluding hydrogens is 226 g/mol. The van der Waals surface area contributed by atoms with Gasteiger partial charge in [0.05, 0.1) is 11.8 Å². The zero-order valence-electron chi connectivity index (χ0n) is 10.2. The van der Waals surface area contributed by atoms with Crippen LogP contribution >= 0.6 is 0 Å². The van der Waals surface area contributed by atoms with Crippen LogP contribution in [-0.4, -0.2) is 42.6 Å². The Hall–Kier alpha value is -0.680. The van der Waals surface area contributed by atoms with Gasteiger partial charge in [-0.1, -0.05) is 0 Å². The quantitative estimate of drug-likeness (QED) is 0.824. The molecule has 0 radical (unpaired) electrons. The van der Waals surface area contributed by atoms with Crippen LogP contribution in [0.15, 0.2) is 11.8 Å². The lowest BCUT2D eigenvalue weighted by atomic mass is 10.0. The van der Waals surface area contributed by atoms with Gasteiger partial charge in [-0.2, -0.15) is 0 Å². The molecule has 0 aromatic rings. The average Bonchev–Trinajstić information content (AvgIpc) is 2.68. The molecule has 98 valence electrons. The number of hydrogen-bond acceptors (Lipinski definition) is 3. The van der Waals surface area contributed by atoms with Gasteiger partial charge in [0.25, 0.3) is 5.92 Å². The van der Waals surface area contributed by atoms with Crippen LogP contribution in [0.5, 0.6) is 0 Å². The summed E-state index contributed by atoms with van der Waals surface area (Å²) >= 11 is 0. The van der Waals surface area contributed by atoms with Crippen molar-refractivity contribution in [2.75, 3.05) is 19.6 Å². The van der Waals surface area contributed by atoms with Crippen molar-refractivity contribution >= 4 is 0 Å². The normalized spacial score (nSPS) is 30.8. The third kappa shape index (κ3) is 2.96. The van der Waals surface area contributed by atoms with E-state index in [-0.39, 0.29) is 25.0 Å². The fraction of sp³-hybridized carbons (Fsp3) is 0.833. The fourth-order valence-corrected chi connectivity index (χ4v) is 2.57. The Labute approximate surface area is 101 Å². The van der Waals surface area contributed by atoms with Crippen LogP contribution in [0.25, 0.3) is 0 Å². The van der Waals surface area contributed by atoms with E-state index in [0.29, 0.717) is 19.6 Å². The number of alkyl halides is 2. The molecule has 0 aliphatic carbocycles. The molecule has 2 atom stereocenters. The predicted molar refractivity (Wildman–Crippen MR) is 61.8 cm³/mol. The maximum atomic E-state index is 13.1. The molecule has 0 saturated carbocycles. The Morgan fingerprint density at radius 1 is 1.53 bits per heavy atom. The van der Waals surface area contributed by atoms with Gasteiger partial charge in [0.1, 0.15) is 6.10 Å². The van der Waals surface area contributed by atoms with Crippen LogP contribution in [0.1, 0.15) is 26.2 Å². The summed E-state index contributed by atoms with van der Waals surface area (Å²) in [5.41, 5.74) is 5.76. The molecule has 1 fully saturated rings. The topological polar surface area (TPSA) is 38.5 Å². The Morgan fingerprint density at radius 2 is 2.18 bits per heavy atom. The van der Waals surface area contributed by atoms with Crippen molar-refractivity contribution in [1.29, 1.82) is 0 Å². The molecule has 2 aliphatic heterocycles. The number of piperidine rings is 1. The van der Waals surface area contributed by atoms with E-state index in [4.69, 9.17) is 10.5 Å². The molecule has 2 N–H and O–H groups in total. The summed E-state index contributed by atoms with van der Waals surface area (Å²) in [4.78, 5) is 2.05. The molecule has 1 saturated heterocycles. The number of ether oxygens (including phenoxy) is 1. The van der Waals surface area contributed by atoms with Crippen molar-refractivity contribution in [2.24, 2.45) is 5.73 Å². The Bertz CT molecular complexity index is 297. The van der Waals surface area contributed by atoms with E-state index in [1.807, 2.05) is 13.0 Å². The van der Waals surface area contributed by atoms with E-state index in [9.17, 15) is 8.78 Å². The van der Waals surface area contributed by atoms with E-state index in [1.54, 1.807) is 0 Å². The highest BCUT2D eigenvalue weighted by Crippen LogP contribution is 2.30. The number of nitrogens with zero attached hydrogens (tertiary/aromatic N) is 1. The smallest absolute Gasteiger partial charge is 0.250 e. The number of halogens is 2. The zero-order chi connectivity index (χ0) is 12.5. The lowest BCUT2D eigenvalue weighted by molar-refractivity contribution is -0.0743. The molecule has 0 bridgehead atoms. The molecule has 2 heterocycles. The third-order valence-corrected chi connectivity index (χ3v) is 3.64. The first-order valence-corrected chi connectivity index (χ1v) is 6.17. The van der Waals surface area contributed by atoms with Gasteiger partial charge in [0, 0.05) is 38.9 Å². The molecule has 0 aromatic heterocycles. The second-order valence-corrected chi connectivity index (χ2v) is 4.90. The summed E-state index contributed by atoms with van der Waals surface area (Å²) in [6, 6.07) is 0.0554. The summed E-state index contributed by atoms with van der Waals surface area (Å²) in [5.74, 6) is -1.59. The lowest BCUT2D eigenvalue weighted by Crippen LogP contribution is -2.52. The van der Waals surface area contributed by atoms with Crippen LogP contribution in [0.2, 0.25) is 0 Å². The second-order valence-electron chi connectivity index (χ2n) is 4.90. The molecular formula is C12H20F2N2O. The van der Waals surface area contributed by atoms with Gasteiger partial charge in [0.2, 0.25) is 0 Å². The molecule has 3 nitrogen and oxygen atoms in total. The SMILES string of the molecule is CC1=CCC(C(CN)N2CCC(F)(F)CC2)O1. The molecule has 0 aromatic carbocycles. The van der Waals surface area contributed by atoms with Crippen molar-refractivity contribution in [3.8, 4) is 0 Å². The lowest BCUT2D eigenvalue weighted by Gasteiger charge is -2.39. The number of likely N-dealkylation sites (tertiary alicyclic amines) is 1. The van der Waals surface area contributed by atoms with Gasteiger partial charge in [-0.15, -0.1) is 0 Å². The third-order valence-electron chi connectivity index (χ3n) is 3.64. The van der Waals surface area contributed by atoms with Gasteiger partial charge in [-0.25, -0.2) is 8.78 Å². The van der Waals surface area contributed by atoms with Crippen molar-refractivity contribution < 1.29 is 13.5 Å². The first kappa shape index (κ1) is 12.8.